The molecule has 16 heavy (non-hydrogen) atoms. The fourth-order valence-corrected chi connectivity index (χ4v) is 2.98. The van der Waals surface area contributed by atoms with Gasteiger partial charge < -0.3 is 4.74 Å². The van der Waals surface area contributed by atoms with Crippen molar-refractivity contribution >= 4 is 21.7 Å². The van der Waals surface area contributed by atoms with Crippen LogP contribution in [-0.4, -0.2) is 19.1 Å². The van der Waals surface area contributed by atoms with E-state index >= 15 is 0 Å². The standard InChI is InChI=1S/C14H18OS/c1-4-15-13-9-10-14(16(2)3)12-8-6-5-7-11(12)13/h5-10,16H,4H2,1-3H3. The number of hydrogen-bond acceptors (Lipinski definition) is 1. The Balaban J connectivity index is 2.67. The molecule has 0 N–H and O–H groups in total. The minimum atomic E-state index is -0.0726. The lowest BCUT2D eigenvalue weighted by Crippen LogP contribution is -1.93. The molecule has 0 spiro atoms. The van der Waals surface area contributed by atoms with Crippen molar-refractivity contribution in [1.29, 1.82) is 0 Å². The quantitative estimate of drug-likeness (QED) is 0.793. The van der Waals surface area contributed by atoms with E-state index < -0.39 is 0 Å². The molecule has 0 bridgehead atoms. The van der Waals surface area contributed by atoms with Crippen molar-refractivity contribution in [3.63, 3.8) is 0 Å². The Kier molecular flexibility index (Phi) is 3.39. The lowest BCUT2D eigenvalue weighted by Gasteiger charge is -2.15. The average molecular weight is 234 g/mol. The van der Waals surface area contributed by atoms with Gasteiger partial charge in [-0.2, -0.15) is 0 Å². The zero-order valence-electron chi connectivity index (χ0n) is 10.0. The molecule has 0 aliphatic rings. The van der Waals surface area contributed by atoms with E-state index in [1.165, 1.54) is 15.7 Å². The predicted octanol–water partition coefficient (Wildman–Crippen LogP) is 3.86. The molecular weight excluding hydrogens is 216 g/mol. The summed E-state index contributed by atoms with van der Waals surface area (Å²) in [5.74, 6) is 0.999. The summed E-state index contributed by atoms with van der Waals surface area (Å²) >= 11 is 0. The molecule has 86 valence electrons. The maximum absolute atomic E-state index is 5.66. The van der Waals surface area contributed by atoms with Gasteiger partial charge in [-0.15, -0.1) is 0 Å². The van der Waals surface area contributed by atoms with Gasteiger partial charge in [0.25, 0.3) is 0 Å². The average Bonchev–Trinajstić information content (AvgIpc) is 2.29. The van der Waals surface area contributed by atoms with E-state index in [4.69, 9.17) is 4.74 Å². The van der Waals surface area contributed by atoms with Crippen LogP contribution >= 0.6 is 10.9 Å². The molecule has 0 heterocycles. The third kappa shape index (κ3) is 2.03. The lowest BCUT2D eigenvalue weighted by molar-refractivity contribution is 0.344. The molecule has 2 aromatic carbocycles. The van der Waals surface area contributed by atoms with Crippen molar-refractivity contribution in [3.8, 4) is 5.75 Å². The second kappa shape index (κ2) is 4.79. The fourth-order valence-electron chi connectivity index (χ4n) is 1.93. The molecule has 0 aromatic heterocycles. The van der Waals surface area contributed by atoms with E-state index in [0.717, 1.165) is 12.4 Å². The number of benzene rings is 2. The van der Waals surface area contributed by atoms with Crippen molar-refractivity contribution in [1.82, 2.24) is 0 Å². The second-order valence-electron chi connectivity index (χ2n) is 3.96. The van der Waals surface area contributed by atoms with Crippen LogP contribution in [0.5, 0.6) is 5.75 Å². The molecule has 2 heteroatoms. The first-order valence-corrected chi connectivity index (χ1v) is 7.79. The molecule has 0 saturated heterocycles. The van der Waals surface area contributed by atoms with Crippen LogP contribution in [0.2, 0.25) is 0 Å². The number of thiol groups is 1. The largest absolute Gasteiger partial charge is 0.493 e. The first kappa shape index (κ1) is 11.3. The number of fused-ring (bicyclic) bond motifs is 1. The van der Waals surface area contributed by atoms with Crippen LogP contribution in [0.4, 0.5) is 0 Å². The van der Waals surface area contributed by atoms with Crippen molar-refractivity contribution < 1.29 is 4.74 Å². The number of rotatable bonds is 3. The molecule has 2 aromatic rings. The molecule has 0 amide bonds. The highest BCUT2D eigenvalue weighted by Crippen LogP contribution is 2.38. The Bertz CT molecular complexity index is 491. The van der Waals surface area contributed by atoms with Crippen LogP contribution in [0.25, 0.3) is 10.8 Å². The highest BCUT2D eigenvalue weighted by molar-refractivity contribution is 8.16. The van der Waals surface area contributed by atoms with Crippen LogP contribution in [0.3, 0.4) is 0 Å². The molecular formula is C14H18OS. The molecule has 0 aliphatic carbocycles. The third-order valence-corrected chi connectivity index (χ3v) is 4.00. The summed E-state index contributed by atoms with van der Waals surface area (Å²) in [5, 5.41) is 2.57. The van der Waals surface area contributed by atoms with Gasteiger partial charge in [-0.3, -0.25) is 0 Å². The fraction of sp³-hybridized carbons (Fsp3) is 0.286. The lowest BCUT2D eigenvalue weighted by atomic mass is 10.1. The third-order valence-electron chi connectivity index (χ3n) is 2.64. The number of hydrogen-bond donors (Lipinski definition) is 1. The van der Waals surface area contributed by atoms with Crippen molar-refractivity contribution in [2.75, 3.05) is 19.1 Å². The van der Waals surface area contributed by atoms with Crippen molar-refractivity contribution in [3.05, 3.63) is 36.4 Å². The summed E-state index contributed by atoms with van der Waals surface area (Å²) < 4.78 is 5.66. The van der Waals surface area contributed by atoms with Gasteiger partial charge in [0.1, 0.15) is 5.75 Å². The van der Waals surface area contributed by atoms with Crippen molar-refractivity contribution in [2.24, 2.45) is 0 Å². The second-order valence-corrected chi connectivity index (χ2v) is 6.23. The van der Waals surface area contributed by atoms with Gasteiger partial charge in [0.2, 0.25) is 0 Å². The molecule has 0 radical (unpaired) electrons. The van der Waals surface area contributed by atoms with E-state index in [1.807, 2.05) is 6.92 Å². The Morgan fingerprint density at radius 2 is 1.69 bits per heavy atom. The normalized spacial score (nSPS) is 11.6. The van der Waals surface area contributed by atoms with Gasteiger partial charge in [-0.1, -0.05) is 24.3 Å². The molecule has 0 fully saturated rings. The molecule has 0 aliphatic heterocycles. The van der Waals surface area contributed by atoms with Crippen LogP contribution in [-0.2, 0) is 0 Å². The first-order chi connectivity index (χ1) is 7.74. The van der Waals surface area contributed by atoms with E-state index in [0.29, 0.717) is 0 Å². The van der Waals surface area contributed by atoms with Gasteiger partial charge >= 0.3 is 0 Å². The van der Waals surface area contributed by atoms with Crippen LogP contribution in [0.1, 0.15) is 6.92 Å². The van der Waals surface area contributed by atoms with Gasteiger partial charge in [0, 0.05) is 5.39 Å². The van der Waals surface area contributed by atoms with E-state index in [9.17, 15) is 0 Å². The van der Waals surface area contributed by atoms with E-state index in [1.54, 1.807) is 0 Å². The van der Waals surface area contributed by atoms with Gasteiger partial charge in [0.05, 0.1) is 6.61 Å². The SMILES string of the molecule is CCOc1ccc([SH](C)C)c2ccccc12. The predicted molar refractivity (Wildman–Crippen MR) is 74.2 cm³/mol. The summed E-state index contributed by atoms with van der Waals surface area (Å²) in [6.07, 6.45) is 4.58. The van der Waals surface area contributed by atoms with Crippen LogP contribution < -0.4 is 4.74 Å². The highest BCUT2D eigenvalue weighted by atomic mass is 32.2. The molecule has 1 nitrogen and oxygen atoms in total. The topological polar surface area (TPSA) is 9.23 Å². The van der Waals surface area contributed by atoms with Gasteiger partial charge in [-0.05, 0) is 41.8 Å². The summed E-state index contributed by atoms with van der Waals surface area (Å²) in [6, 6.07) is 12.8. The van der Waals surface area contributed by atoms with Crippen LogP contribution in [0, 0.1) is 0 Å². The smallest absolute Gasteiger partial charge is 0.127 e. The zero-order chi connectivity index (χ0) is 11.5. The van der Waals surface area contributed by atoms with Gasteiger partial charge in [0.15, 0.2) is 0 Å². The van der Waals surface area contributed by atoms with E-state index in [2.05, 4.69) is 48.9 Å². The maximum atomic E-state index is 5.66. The highest BCUT2D eigenvalue weighted by Gasteiger charge is 2.06. The Hall–Kier alpha value is -1.15. The Morgan fingerprint density at radius 1 is 1.00 bits per heavy atom. The molecule has 0 atom stereocenters. The monoisotopic (exact) mass is 234 g/mol. The minimum absolute atomic E-state index is 0.0726. The van der Waals surface area contributed by atoms with Crippen molar-refractivity contribution in [2.45, 2.75) is 11.8 Å². The molecule has 2 rings (SSSR count). The zero-order valence-corrected chi connectivity index (χ0v) is 10.9. The number of ether oxygens (including phenoxy) is 1. The summed E-state index contributed by atoms with van der Waals surface area (Å²) in [4.78, 5) is 1.45. The van der Waals surface area contributed by atoms with Crippen LogP contribution in [0.15, 0.2) is 41.3 Å². The maximum Gasteiger partial charge on any atom is 0.127 e. The van der Waals surface area contributed by atoms with E-state index in [-0.39, 0.29) is 10.9 Å². The first-order valence-electron chi connectivity index (χ1n) is 5.56. The summed E-state index contributed by atoms with van der Waals surface area (Å²) in [5.41, 5.74) is 0. The summed E-state index contributed by atoms with van der Waals surface area (Å²) in [6.45, 7) is 2.74. The summed E-state index contributed by atoms with van der Waals surface area (Å²) in [7, 11) is -0.0726. The minimum Gasteiger partial charge on any atom is -0.493 e. The molecule has 0 unspecified atom stereocenters. The Morgan fingerprint density at radius 3 is 2.31 bits per heavy atom. The molecule has 0 saturated carbocycles. The Labute approximate surface area is 99.8 Å². The van der Waals surface area contributed by atoms with Gasteiger partial charge in [-0.25, -0.2) is 10.9 Å².